The second-order valence-electron chi connectivity index (χ2n) is 5.46. The number of amides is 1. The molecule has 0 saturated carbocycles. The van der Waals surface area contributed by atoms with Gasteiger partial charge in [0.1, 0.15) is 0 Å². The number of carbonyl (C=O) groups is 2. The van der Waals surface area contributed by atoms with E-state index >= 15 is 0 Å². The van der Waals surface area contributed by atoms with Gasteiger partial charge in [0.25, 0.3) is 5.91 Å². The van der Waals surface area contributed by atoms with Gasteiger partial charge in [-0.15, -0.1) is 5.06 Å². The first-order chi connectivity index (χ1) is 12.1. The predicted octanol–water partition coefficient (Wildman–Crippen LogP) is 4.48. The van der Waals surface area contributed by atoms with Crippen molar-refractivity contribution in [3.8, 4) is 11.1 Å². The van der Waals surface area contributed by atoms with Gasteiger partial charge in [0.05, 0.1) is 5.69 Å². The molecule has 1 amide bonds. The number of hydroxylamine groups is 1. The molecule has 3 aromatic rings. The Kier molecular flexibility index (Phi) is 4.90. The Morgan fingerprint density at radius 2 is 1.24 bits per heavy atom. The van der Waals surface area contributed by atoms with Crippen LogP contribution >= 0.6 is 0 Å². The van der Waals surface area contributed by atoms with E-state index in [1.54, 1.807) is 36.4 Å². The maximum Gasteiger partial charge on any atom is 0.330 e. The average molecular weight is 331 g/mol. The SMILES string of the molecule is CC(=O)ON(C(=O)c1ccccc1)c1ccc(-c2ccccc2)cc1. The Balaban J connectivity index is 1.91. The van der Waals surface area contributed by atoms with Crippen molar-refractivity contribution in [1.29, 1.82) is 0 Å². The van der Waals surface area contributed by atoms with Gasteiger partial charge in [0.15, 0.2) is 0 Å². The number of hydrogen-bond donors (Lipinski definition) is 0. The van der Waals surface area contributed by atoms with Gasteiger partial charge in [-0.3, -0.25) is 4.79 Å². The van der Waals surface area contributed by atoms with Gasteiger partial charge < -0.3 is 4.84 Å². The molecule has 3 aromatic carbocycles. The Morgan fingerprint density at radius 1 is 0.720 bits per heavy atom. The lowest BCUT2D eigenvalue weighted by Gasteiger charge is -2.20. The van der Waals surface area contributed by atoms with E-state index in [0.29, 0.717) is 11.3 Å². The number of benzene rings is 3. The first-order valence-electron chi connectivity index (χ1n) is 7.88. The Morgan fingerprint density at radius 3 is 1.80 bits per heavy atom. The van der Waals surface area contributed by atoms with Gasteiger partial charge in [-0.2, -0.15) is 0 Å². The topological polar surface area (TPSA) is 46.6 Å². The van der Waals surface area contributed by atoms with E-state index in [4.69, 9.17) is 4.84 Å². The monoisotopic (exact) mass is 331 g/mol. The molecule has 0 heterocycles. The van der Waals surface area contributed by atoms with Crippen LogP contribution in [0.3, 0.4) is 0 Å². The summed E-state index contributed by atoms with van der Waals surface area (Å²) in [5, 5.41) is 1.02. The fourth-order valence-electron chi connectivity index (χ4n) is 2.46. The van der Waals surface area contributed by atoms with Gasteiger partial charge in [0, 0.05) is 12.5 Å². The van der Waals surface area contributed by atoms with Crippen molar-refractivity contribution in [1.82, 2.24) is 0 Å². The molecule has 0 atom stereocenters. The van der Waals surface area contributed by atoms with Crippen molar-refractivity contribution in [2.45, 2.75) is 6.92 Å². The zero-order valence-corrected chi connectivity index (χ0v) is 13.8. The molecule has 4 heteroatoms. The molecule has 25 heavy (non-hydrogen) atoms. The van der Waals surface area contributed by atoms with Crippen LogP contribution in [0, 0.1) is 0 Å². The third-order valence-corrected chi connectivity index (χ3v) is 3.63. The van der Waals surface area contributed by atoms with Gasteiger partial charge in [-0.1, -0.05) is 60.7 Å². The van der Waals surface area contributed by atoms with E-state index in [-0.39, 0.29) is 0 Å². The van der Waals surface area contributed by atoms with Crippen molar-refractivity contribution < 1.29 is 14.4 Å². The minimum Gasteiger partial charge on any atom is -0.333 e. The molecule has 0 aliphatic heterocycles. The number of hydrogen-bond acceptors (Lipinski definition) is 3. The summed E-state index contributed by atoms with van der Waals surface area (Å²) < 4.78 is 0. The summed E-state index contributed by atoms with van der Waals surface area (Å²) in [4.78, 5) is 29.3. The molecule has 3 rings (SSSR count). The number of rotatable bonds is 3. The molecule has 0 unspecified atom stereocenters. The smallest absolute Gasteiger partial charge is 0.330 e. The highest BCUT2D eigenvalue weighted by Crippen LogP contribution is 2.24. The van der Waals surface area contributed by atoms with Crippen molar-refractivity contribution >= 4 is 17.6 Å². The summed E-state index contributed by atoms with van der Waals surface area (Å²) in [6, 6.07) is 25.9. The Hall–Kier alpha value is -3.40. The summed E-state index contributed by atoms with van der Waals surface area (Å²) in [6.45, 7) is 1.27. The van der Waals surface area contributed by atoms with Crippen molar-refractivity contribution in [2.24, 2.45) is 0 Å². The van der Waals surface area contributed by atoms with Crippen molar-refractivity contribution in [3.63, 3.8) is 0 Å². The van der Waals surface area contributed by atoms with E-state index < -0.39 is 11.9 Å². The molecule has 0 spiro atoms. The molecule has 0 aliphatic rings. The van der Waals surface area contributed by atoms with Gasteiger partial charge in [-0.25, -0.2) is 4.79 Å². The maximum absolute atomic E-state index is 12.7. The van der Waals surface area contributed by atoms with E-state index in [0.717, 1.165) is 16.2 Å². The van der Waals surface area contributed by atoms with Crippen LogP contribution in [-0.4, -0.2) is 11.9 Å². The Labute approximate surface area is 146 Å². The van der Waals surface area contributed by atoms with E-state index in [1.165, 1.54) is 6.92 Å². The van der Waals surface area contributed by atoms with Gasteiger partial charge in [0.2, 0.25) is 0 Å². The Bertz CT molecular complexity index is 859. The second-order valence-corrected chi connectivity index (χ2v) is 5.46. The summed E-state index contributed by atoms with van der Waals surface area (Å²) >= 11 is 0. The minimum absolute atomic E-state index is 0.400. The highest BCUT2D eigenvalue weighted by atomic mass is 16.7. The lowest BCUT2D eigenvalue weighted by atomic mass is 10.1. The molecule has 0 N–H and O–H groups in total. The predicted molar refractivity (Wildman–Crippen MR) is 96.9 cm³/mol. The summed E-state index contributed by atoms with van der Waals surface area (Å²) in [5.74, 6) is -0.959. The number of nitrogens with zero attached hydrogens (tertiary/aromatic N) is 1. The second kappa shape index (κ2) is 7.45. The zero-order valence-electron chi connectivity index (χ0n) is 13.8. The third kappa shape index (κ3) is 3.93. The molecule has 124 valence electrons. The summed E-state index contributed by atoms with van der Waals surface area (Å²) in [6.07, 6.45) is 0. The lowest BCUT2D eigenvalue weighted by molar-refractivity contribution is -0.141. The standard InChI is InChI=1S/C21H17NO3/c1-16(23)25-22(21(24)19-10-6-3-7-11-19)20-14-12-18(13-15-20)17-8-4-2-5-9-17/h2-15H,1H3. The van der Waals surface area contributed by atoms with Crippen LogP contribution in [-0.2, 0) is 9.63 Å². The molecular weight excluding hydrogens is 314 g/mol. The highest BCUT2D eigenvalue weighted by molar-refractivity contribution is 6.05. The zero-order chi connectivity index (χ0) is 17.6. The van der Waals surface area contributed by atoms with Crippen molar-refractivity contribution in [2.75, 3.05) is 5.06 Å². The van der Waals surface area contributed by atoms with E-state index in [9.17, 15) is 9.59 Å². The van der Waals surface area contributed by atoms with Crippen LogP contribution in [0.1, 0.15) is 17.3 Å². The summed E-state index contributed by atoms with van der Waals surface area (Å²) in [7, 11) is 0. The molecule has 0 saturated heterocycles. The average Bonchev–Trinajstić information content (AvgIpc) is 2.67. The fraction of sp³-hybridized carbons (Fsp3) is 0.0476. The van der Waals surface area contributed by atoms with Crippen LogP contribution in [0.2, 0.25) is 0 Å². The number of carbonyl (C=O) groups excluding carboxylic acids is 2. The van der Waals surface area contributed by atoms with Gasteiger partial charge >= 0.3 is 5.97 Å². The molecule has 0 fully saturated rings. The van der Waals surface area contributed by atoms with Crippen LogP contribution in [0.15, 0.2) is 84.9 Å². The number of anilines is 1. The molecule has 0 radical (unpaired) electrons. The molecular formula is C21H17NO3. The minimum atomic E-state index is -0.559. The van der Waals surface area contributed by atoms with E-state index in [1.807, 2.05) is 48.5 Å². The van der Waals surface area contributed by atoms with Crippen LogP contribution in [0.5, 0.6) is 0 Å². The normalized spacial score (nSPS) is 10.1. The molecule has 0 aliphatic carbocycles. The molecule has 0 bridgehead atoms. The summed E-state index contributed by atoms with van der Waals surface area (Å²) in [5.41, 5.74) is 3.02. The first-order valence-corrected chi connectivity index (χ1v) is 7.88. The first kappa shape index (κ1) is 16.5. The molecule has 0 aromatic heterocycles. The lowest BCUT2D eigenvalue weighted by Crippen LogP contribution is -2.32. The maximum atomic E-state index is 12.7. The van der Waals surface area contributed by atoms with Crippen molar-refractivity contribution in [3.05, 3.63) is 90.5 Å². The highest BCUT2D eigenvalue weighted by Gasteiger charge is 2.21. The van der Waals surface area contributed by atoms with Crippen LogP contribution in [0.4, 0.5) is 5.69 Å². The van der Waals surface area contributed by atoms with Gasteiger partial charge in [-0.05, 0) is 35.4 Å². The quantitative estimate of drug-likeness (QED) is 0.665. The van der Waals surface area contributed by atoms with E-state index in [2.05, 4.69) is 0 Å². The third-order valence-electron chi connectivity index (χ3n) is 3.63. The fourth-order valence-corrected chi connectivity index (χ4v) is 2.46. The largest absolute Gasteiger partial charge is 0.333 e. The van der Waals surface area contributed by atoms with Crippen LogP contribution < -0.4 is 5.06 Å². The molecule has 4 nitrogen and oxygen atoms in total. The van der Waals surface area contributed by atoms with Crippen LogP contribution in [0.25, 0.3) is 11.1 Å².